The summed E-state index contributed by atoms with van der Waals surface area (Å²) >= 11 is 0. The fraction of sp³-hybridized carbons (Fsp3) is 0.182. The predicted octanol–water partition coefficient (Wildman–Crippen LogP) is 3.11. The minimum absolute atomic E-state index is 0.675. The Hall–Kier alpha value is -1.57. The first kappa shape index (κ1) is 8.05. The molecule has 0 radical (unpaired) electrons. The Balaban J connectivity index is 2.61. The van der Waals surface area contributed by atoms with Crippen LogP contribution < -0.4 is 4.74 Å². The molecule has 2 heteroatoms. The van der Waals surface area contributed by atoms with Crippen molar-refractivity contribution in [2.24, 2.45) is 0 Å². The highest BCUT2D eigenvalue weighted by Crippen LogP contribution is 2.24. The number of hydrogen-bond donors (Lipinski definition) is 0. The van der Waals surface area contributed by atoms with Crippen LogP contribution in [0.5, 0.6) is 5.75 Å². The molecule has 0 unspecified atom stereocenters. The summed E-state index contributed by atoms with van der Waals surface area (Å²) in [4.78, 5) is 0. The highest BCUT2D eigenvalue weighted by atomic mass is 16.5. The van der Waals surface area contributed by atoms with Crippen LogP contribution in [0.1, 0.15) is 6.92 Å². The monoisotopic (exact) mass is 175 g/mol. The Kier molecular flexibility index (Phi) is 2.13. The van der Waals surface area contributed by atoms with Gasteiger partial charge in [-0.25, -0.2) is 4.42 Å². The molecule has 0 aliphatic carbocycles. The molecule has 0 aliphatic heterocycles. The smallest absolute Gasteiger partial charge is 0.363 e. The Morgan fingerprint density at radius 3 is 2.92 bits per heavy atom. The van der Waals surface area contributed by atoms with Crippen molar-refractivity contribution in [3.63, 3.8) is 0 Å². The molecule has 0 saturated carbocycles. The van der Waals surface area contributed by atoms with Gasteiger partial charge in [-0.2, -0.15) is 0 Å². The van der Waals surface area contributed by atoms with Gasteiger partial charge in [0.1, 0.15) is 11.1 Å². The van der Waals surface area contributed by atoms with Gasteiger partial charge in [-0.3, -0.25) is 0 Å². The average Bonchev–Trinajstić information content (AvgIpc) is 2.19. The van der Waals surface area contributed by atoms with E-state index < -0.39 is 0 Å². The Morgan fingerprint density at radius 2 is 2.08 bits per heavy atom. The summed E-state index contributed by atoms with van der Waals surface area (Å²) in [6, 6.07) is 9.68. The molecular formula is C11H11O2+. The summed E-state index contributed by atoms with van der Waals surface area (Å²) in [5, 5.41) is 1.02. The molecule has 1 aromatic carbocycles. The number of fused-ring (bicyclic) bond motifs is 1. The molecule has 0 amide bonds. The van der Waals surface area contributed by atoms with Gasteiger partial charge in [-0.15, -0.1) is 0 Å². The molecule has 2 nitrogen and oxygen atoms in total. The van der Waals surface area contributed by atoms with Gasteiger partial charge in [0.2, 0.25) is 0 Å². The topological polar surface area (TPSA) is 20.5 Å². The summed E-state index contributed by atoms with van der Waals surface area (Å²) in [6.45, 7) is 2.65. The second kappa shape index (κ2) is 3.44. The van der Waals surface area contributed by atoms with Crippen LogP contribution in [-0.4, -0.2) is 6.61 Å². The third-order valence-electron chi connectivity index (χ3n) is 1.87. The Bertz CT molecular complexity index is 404. The molecule has 1 aromatic heterocycles. The van der Waals surface area contributed by atoms with E-state index in [0.29, 0.717) is 6.61 Å². The lowest BCUT2D eigenvalue weighted by Gasteiger charge is -2.00. The van der Waals surface area contributed by atoms with E-state index in [4.69, 9.17) is 9.15 Å². The molecule has 2 aromatic rings. The molecule has 13 heavy (non-hydrogen) atoms. The van der Waals surface area contributed by atoms with Crippen LogP contribution in [0.3, 0.4) is 0 Å². The first-order valence-electron chi connectivity index (χ1n) is 4.34. The van der Waals surface area contributed by atoms with Gasteiger partial charge >= 0.3 is 11.8 Å². The van der Waals surface area contributed by atoms with E-state index in [1.165, 1.54) is 0 Å². The molecule has 0 aliphatic rings. The molecule has 0 atom stereocenters. The van der Waals surface area contributed by atoms with E-state index in [-0.39, 0.29) is 0 Å². The van der Waals surface area contributed by atoms with Crippen molar-refractivity contribution >= 4 is 11.0 Å². The van der Waals surface area contributed by atoms with Crippen molar-refractivity contribution < 1.29 is 9.15 Å². The molecule has 0 saturated heterocycles. The number of ether oxygens (including phenoxy) is 1. The second-order valence-corrected chi connectivity index (χ2v) is 2.71. The van der Waals surface area contributed by atoms with E-state index in [1.807, 2.05) is 37.3 Å². The van der Waals surface area contributed by atoms with Crippen molar-refractivity contribution in [2.45, 2.75) is 6.92 Å². The van der Waals surface area contributed by atoms with Crippen LogP contribution in [0.4, 0.5) is 0 Å². The highest BCUT2D eigenvalue weighted by Gasteiger charge is 2.09. The first-order chi connectivity index (χ1) is 6.42. The van der Waals surface area contributed by atoms with E-state index in [2.05, 4.69) is 0 Å². The predicted molar refractivity (Wildman–Crippen MR) is 51.8 cm³/mol. The van der Waals surface area contributed by atoms with Gasteiger partial charge in [0, 0.05) is 6.07 Å². The number of hydrogen-bond acceptors (Lipinski definition) is 1. The summed E-state index contributed by atoms with van der Waals surface area (Å²) in [5.74, 6) is 0.879. The molecular weight excluding hydrogens is 164 g/mol. The maximum Gasteiger partial charge on any atom is 0.363 e. The SMILES string of the molecule is CCOc1cc[o+]c2ccccc12. The highest BCUT2D eigenvalue weighted by molar-refractivity contribution is 5.82. The summed E-state index contributed by atoms with van der Waals surface area (Å²) in [5.41, 5.74) is 0.855. The van der Waals surface area contributed by atoms with Crippen LogP contribution in [0.2, 0.25) is 0 Å². The van der Waals surface area contributed by atoms with Crippen LogP contribution >= 0.6 is 0 Å². The van der Waals surface area contributed by atoms with Crippen molar-refractivity contribution in [1.82, 2.24) is 0 Å². The quantitative estimate of drug-likeness (QED) is 0.653. The van der Waals surface area contributed by atoms with Crippen LogP contribution in [0, 0.1) is 0 Å². The number of rotatable bonds is 2. The third-order valence-corrected chi connectivity index (χ3v) is 1.87. The molecule has 0 fully saturated rings. The number of benzene rings is 1. The Labute approximate surface area is 76.8 Å². The molecule has 0 N–H and O–H groups in total. The van der Waals surface area contributed by atoms with E-state index in [0.717, 1.165) is 16.7 Å². The zero-order chi connectivity index (χ0) is 9.10. The van der Waals surface area contributed by atoms with Gasteiger partial charge in [0.25, 0.3) is 0 Å². The fourth-order valence-electron chi connectivity index (χ4n) is 1.31. The molecule has 0 bridgehead atoms. The molecule has 66 valence electrons. The maximum atomic E-state index is 5.46. The van der Waals surface area contributed by atoms with Crippen molar-refractivity contribution in [3.8, 4) is 5.75 Å². The standard InChI is InChI=1S/C11H11O2/c1-2-12-11-7-8-13-10-6-4-3-5-9(10)11/h3-8H,2H2,1H3/q+1. The van der Waals surface area contributed by atoms with Gasteiger partial charge in [-0.1, -0.05) is 12.1 Å². The van der Waals surface area contributed by atoms with Crippen LogP contribution in [0.25, 0.3) is 11.0 Å². The normalized spacial score (nSPS) is 10.2. The maximum absolute atomic E-state index is 5.46. The van der Waals surface area contributed by atoms with Crippen LogP contribution in [0.15, 0.2) is 41.0 Å². The van der Waals surface area contributed by atoms with Crippen molar-refractivity contribution in [2.75, 3.05) is 6.61 Å². The summed E-state index contributed by atoms with van der Waals surface area (Å²) in [7, 11) is 0. The zero-order valence-electron chi connectivity index (χ0n) is 7.49. The lowest BCUT2D eigenvalue weighted by molar-refractivity contribution is 0.342. The van der Waals surface area contributed by atoms with Gasteiger partial charge < -0.3 is 4.74 Å². The summed E-state index contributed by atoms with van der Waals surface area (Å²) in [6.07, 6.45) is 1.65. The summed E-state index contributed by atoms with van der Waals surface area (Å²) < 4.78 is 10.8. The lowest BCUT2D eigenvalue weighted by atomic mass is 10.2. The fourth-order valence-corrected chi connectivity index (χ4v) is 1.31. The number of para-hydroxylation sites is 1. The largest absolute Gasteiger partial charge is 0.493 e. The molecule has 0 spiro atoms. The van der Waals surface area contributed by atoms with E-state index in [1.54, 1.807) is 6.26 Å². The average molecular weight is 175 g/mol. The zero-order valence-corrected chi connectivity index (χ0v) is 7.49. The van der Waals surface area contributed by atoms with E-state index in [9.17, 15) is 0 Å². The minimum Gasteiger partial charge on any atom is -0.493 e. The lowest BCUT2D eigenvalue weighted by Crippen LogP contribution is -1.91. The van der Waals surface area contributed by atoms with Gasteiger partial charge in [0.15, 0.2) is 0 Å². The van der Waals surface area contributed by atoms with Gasteiger partial charge in [0.05, 0.1) is 12.7 Å². The minimum atomic E-state index is 0.675. The van der Waals surface area contributed by atoms with Gasteiger partial charge in [-0.05, 0) is 13.0 Å². The van der Waals surface area contributed by atoms with Crippen molar-refractivity contribution in [1.29, 1.82) is 0 Å². The molecule has 1 heterocycles. The van der Waals surface area contributed by atoms with Crippen LogP contribution in [-0.2, 0) is 0 Å². The molecule has 2 rings (SSSR count). The van der Waals surface area contributed by atoms with Crippen molar-refractivity contribution in [3.05, 3.63) is 36.6 Å². The third kappa shape index (κ3) is 1.47. The first-order valence-corrected chi connectivity index (χ1v) is 4.34. The second-order valence-electron chi connectivity index (χ2n) is 2.71. The van der Waals surface area contributed by atoms with E-state index >= 15 is 0 Å². The Morgan fingerprint density at radius 1 is 1.23 bits per heavy atom.